The Morgan fingerprint density at radius 1 is 1.05 bits per heavy atom. The molecule has 1 N–H and O–H groups in total. The van der Waals surface area contributed by atoms with E-state index in [0.717, 1.165) is 4.90 Å². The van der Waals surface area contributed by atoms with Crippen molar-refractivity contribution in [2.45, 2.75) is 13.8 Å². The van der Waals surface area contributed by atoms with Gasteiger partial charge in [-0.15, -0.1) is 0 Å². The van der Waals surface area contributed by atoms with E-state index in [1.54, 1.807) is 37.3 Å². The summed E-state index contributed by atoms with van der Waals surface area (Å²) in [6.45, 7) is 3.62. The summed E-state index contributed by atoms with van der Waals surface area (Å²) in [7, 11) is 1.23. The molecule has 0 aromatic heterocycles. The van der Waals surface area contributed by atoms with Crippen LogP contribution in [0.15, 0.2) is 41.3 Å². The monoisotopic (exact) mass is 548 g/mol. The van der Waals surface area contributed by atoms with Crippen molar-refractivity contribution in [2.75, 3.05) is 38.8 Å². The lowest BCUT2D eigenvalue weighted by Crippen LogP contribution is -2.36. The van der Waals surface area contributed by atoms with Crippen molar-refractivity contribution in [2.24, 2.45) is 0 Å². The first-order valence-corrected chi connectivity index (χ1v) is 12.4. The van der Waals surface area contributed by atoms with Crippen molar-refractivity contribution >= 4 is 58.1 Å². The molecule has 3 rings (SSSR count). The molecule has 37 heavy (non-hydrogen) atoms. The third-order valence-corrected chi connectivity index (χ3v) is 6.00. The Hall–Kier alpha value is -3.70. The third-order valence-electron chi connectivity index (χ3n) is 4.82. The van der Waals surface area contributed by atoms with E-state index in [1.807, 2.05) is 6.92 Å². The zero-order chi connectivity index (χ0) is 26.9. The van der Waals surface area contributed by atoms with E-state index in [2.05, 4.69) is 10.1 Å². The maximum absolute atomic E-state index is 12.9. The number of carbonyl (C=O) groups is 4. The van der Waals surface area contributed by atoms with E-state index >= 15 is 0 Å². The Labute approximate surface area is 222 Å². The highest BCUT2D eigenvalue weighted by Gasteiger charge is 2.36. The summed E-state index contributed by atoms with van der Waals surface area (Å²) in [5, 5.41) is 2.21. The van der Waals surface area contributed by atoms with Crippen LogP contribution in [0.1, 0.15) is 19.4 Å². The maximum Gasteiger partial charge on any atom is 0.343 e. The first-order valence-electron chi connectivity index (χ1n) is 11.2. The molecule has 0 radical (unpaired) electrons. The van der Waals surface area contributed by atoms with Gasteiger partial charge in [-0.3, -0.25) is 19.3 Å². The van der Waals surface area contributed by atoms with Crippen LogP contribution in [0.2, 0.25) is 5.02 Å². The fourth-order valence-electron chi connectivity index (χ4n) is 3.20. The minimum Gasteiger partial charge on any atom is -0.494 e. The van der Waals surface area contributed by atoms with E-state index in [0.29, 0.717) is 35.4 Å². The van der Waals surface area contributed by atoms with Gasteiger partial charge in [-0.2, -0.15) is 0 Å². The van der Waals surface area contributed by atoms with Crippen LogP contribution in [0.5, 0.6) is 17.2 Å². The number of nitrogens with zero attached hydrogens (tertiary/aromatic N) is 1. The highest BCUT2D eigenvalue weighted by atomic mass is 35.5. The number of methoxy groups -OCH3 is 1. The summed E-state index contributed by atoms with van der Waals surface area (Å²) in [5.41, 5.74) is 0.965. The smallest absolute Gasteiger partial charge is 0.343 e. The van der Waals surface area contributed by atoms with E-state index < -0.39 is 29.6 Å². The summed E-state index contributed by atoms with van der Waals surface area (Å²) < 4.78 is 20.9. The van der Waals surface area contributed by atoms with Crippen molar-refractivity contribution in [1.82, 2.24) is 4.90 Å². The maximum atomic E-state index is 12.9. The summed E-state index contributed by atoms with van der Waals surface area (Å²) in [4.78, 5) is 50.2. The van der Waals surface area contributed by atoms with E-state index in [1.165, 1.54) is 19.3 Å². The molecule has 0 bridgehead atoms. The molecule has 0 atom stereocenters. The van der Waals surface area contributed by atoms with Gasteiger partial charge in [0, 0.05) is 5.69 Å². The Kier molecular flexibility index (Phi) is 9.81. The number of rotatable bonds is 11. The lowest BCUT2D eigenvalue weighted by molar-refractivity contribution is -0.143. The lowest BCUT2D eigenvalue weighted by Gasteiger charge is -2.14. The van der Waals surface area contributed by atoms with E-state index in [9.17, 15) is 19.2 Å². The lowest BCUT2D eigenvalue weighted by atomic mass is 10.1. The molecule has 2 aromatic carbocycles. The molecule has 1 aliphatic rings. The van der Waals surface area contributed by atoms with Crippen LogP contribution >= 0.6 is 23.4 Å². The van der Waals surface area contributed by atoms with Crippen LogP contribution in [0, 0.1) is 0 Å². The zero-order valence-electron chi connectivity index (χ0n) is 20.4. The molecule has 1 fully saturated rings. The Balaban J connectivity index is 1.72. The topological polar surface area (TPSA) is 120 Å². The second kappa shape index (κ2) is 13.0. The molecule has 0 saturated carbocycles. The molecule has 3 amide bonds. The number of thioether (sulfide) groups is 1. The van der Waals surface area contributed by atoms with Crippen LogP contribution in [-0.2, 0) is 19.1 Å². The van der Waals surface area contributed by atoms with Crippen molar-refractivity contribution in [3.63, 3.8) is 0 Å². The molecule has 196 valence electrons. The van der Waals surface area contributed by atoms with Crippen LogP contribution in [0.3, 0.4) is 0 Å². The number of benzene rings is 2. The fourth-order valence-corrected chi connectivity index (χ4v) is 4.31. The Bertz CT molecular complexity index is 1220. The largest absolute Gasteiger partial charge is 0.494 e. The predicted molar refractivity (Wildman–Crippen MR) is 139 cm³/mol. The molecular weight excluding hydrogens is 524 g/mol. The number of hydrogen-bond donors (Lipinski definition) is 1. The number of halogens is 1. The number of hydrogen-bond acceptors (Lipinski definition) is 9. The first kappa shape index (κ1) is 27.9. The van der Waals surface area contributed by atoms with Crippen LogP contribution < -0.4 is 19.5 Å². The van der Waals surface area contributed by atoms with E-state index in [-0.39, 0.29) is 34.6 Å². The number of imide groups is 1. The van der Waals surface area contributed by atoms with Gasteiger partial charge in [0.2, 0.25) is 5.91 Å². The van der Waals surface area contributed by atoms with Crippen molar-refractivity contribution in [1.29, 1.82) is 0 Å². The predicted octanol–water partition coefficient (Wildman–Crippen LogP) is 4.36. The van der Waals surface area contributed by atoms with Crippen molar-refractivity contribution in [3.05, 3.63) is 51.9 Å². The molecule has 1 saturated heterocycles. The van der Waals surface area contributed by atoms with Gasteiger partial charge in [0.1, 0.15) is 12.3 Å². The van der Waals surface area contributed by atoms with Crippen molar-refractivity contribution in [3.8, 4) is 17.2 Å². The quantitative estimate of drug-likeness (QED) is 0.322. The molecule has 0 unspecified atom stereocenters. The van der Waals surface area contributed by atoms with Gasteiger partial charge < -0.3 is 24.3 Å². The Morgan fingerprint density at radius 3 is 2.41 bits per heavy atom. The normalized spacial score (nSPS) is 14.1. The van der Waals surface area contributed by atoms with Gasteiger partial charge in [-0.05, 0) is 73.6 Å². The third kappa shape index (κ3) is 7.40. The summed E-state index contributed by atoms with van der Waals surface area (Å²) in [6, 6.07) is 9.80. The molecule has 12 heteroatoms. The van der Waals surface area contributed by atoms with Gasteiger partial charge in [0.25, 0.3) is 11.1 Å². The highest BCUT2D eigenvalue weighted by molar-refractivity contribution is 8.18. The minimum atomic E-state index is -0.614. The summed E-state index contributed by atoms with van der Waals surface area (Å²) in [5.74, 6) is -0.683. The number of carbonyl (C=O) groups excluding carboxylic acids is 4. The molecule has 0 spiro atoms. The SMILES string of the molecule is CCOc1ccc(NC(=O)CN2C(=O)S/C(=C/c3cc(Cl)c(OCC(=O)OC)c(OCC)c3)C2=O)cc1. The highest BCUT2D eigenvalue weighted by Crippen LogP contribution is 2.39. The molecule has 10 nitrogen and oxygen atoms in total. The number of ether oxygens (including phenoxy) is 4. The average Bonchev–Trinajstić information content (AvgIpc) is 3.12. The first-order chi connectivity index (χ1) is 17.7. The molecule has 0 aliphatic carbocycles. The molecular formula is C25H25ClN2O8S. The van der Waals surface area contributed by atoms with Gasteiger partial charge in [-0.25, -0.2) is 4.79 Å². The van der Waals surface area contributed by atoms with Crippen molar-refractivity contribution < 1.29 is 38.1 Å². The van der Waals surface area contributed by atoms with Gasteiger partial charge in [0.15, 0.2) is 18.1 Å². The fraction of sp³-hybridized carbons (Fsp3) is 0.280. The number of esters is 1. The van der Waals surface area contributed by atoms with Crippen LogP contribution in [0.4, 0.5) is 10.5 Å². The van der Waals surface area contributed by atoms with Gasteiger partial charge >= 0.3 is 5.97 Å². The number of amides is 3. The van der Waals surface area contributed by atoms with Gasteiger partial charge in [-0.1, -0.05) is 11.6 Å². The van der Waals surface area contributed by atoms with Crippen LogP contribution in [-0.4, -0.2) is 61.4 Å². The number of anilines is 1. The second-order valence-electron chi connectivity index (χ2n) is 7.40. The molecule has 2 aromatic rings. The Morgan fingerprint density at radius 2 is 1.76 bits per heavy atom. The zero-order valence-corrected chi connectivity index (χ0v) is 21.9. The van der Waals surface area contributed by atoms with Crippen LogP contribution in [0.25, 0.3) is 6.08 Å². The van der Waals surface area contributed by atoms with E-state index in [4.69, 9.17) is 25.8 Å². The van der Waals surface area contributed by atoms with Gasteiger partial charge in [0.05, 0.1) is 30.3 Å². The summed E-state index contributed by atoms with van der Waals surface area (Å²) in [6.07, 6.45) is 1.47. The minimum absolute atomic E-state index is 0.112. The average molecular weight is 549 g/mol. The summed E-state index contributed by atoms with van der Waals surface area (Å²) >= 11 is 7.04. The molecule has 1 heterocycles. The standard InChI is InChI=1S/C25H25ClN2O8S/c1-4-34-17-8-6-16(7-9-17)27-21(29)13-28-24(31)20(37-25(28)32)12-15-10-18(26)23(19(11-15)35-5-2)36-14-22(30)33-3/h6-12H,4-5,13-14H2,1-3H3,(H,27,29)/b20-12+. The number of nitrogens with one attached hydrogen (secondary N) is 1. The molecule has 1 aliphatic heterocycles. The second-order valence-corrected chi connectivity index (χ2v) is 8.80.